The van der Waals surface area contributed by atoms with Gasteiger partial charge in [0, 0.05) is 16.2 Å². The molecule has 2 aliphatic rings. The maximum atomic E-state index is 6.29. The molecule has 0 radical (unpaired) electrons. The summed E-state index contributed by atoms with van der Waals surface area (Å²) in [5, 5.41) is 0. The summed E-state index contributed by atoms with van der Waals surface area (Å²) in [4.78, 5) is 2.12. The zero-order valence-electron chi connectivity index (χ0n) is 11.1. The third-order valence-electron chi connectivity index (χ3n) is 3.63. The van der Waals surface area contributed by atoms with Crippen molar-refractivity contribution in [2.75, 3.05) is 0 Å². The minimum absolute atomic E-state index is 0.114. The average Bonchev–Trinajstić information content (AvgIpc) is 2.81. The lowest BCUT2D eigenvalue weighted by atomic mass is 10.1. The first-order valence-electron chi connectivity index (χ1n) is 6.85. The fraction of sp³-hybridized carbons (Fsp3) is 0.667. The lowest BCUT2D eigenvalue weighted by molar-refractivity contribution is -0.0522. The molecule has 0 saturated carbocycles. The molecule has 0 aromatic rings. The normalized spacial score (nSPS) is 40.3. The smallest absolute Gasteiger partial charge is 0.0880 e. The summed E-state index contributed by atoms with van der Waals surface area (Å²) in [7, 11) is 0. The summed E-state index contributed by atoms with van der Waals surface area (Å²) >= 11 is 6.97. The fourth-order valence-corrected chi connectivity index (χ4v) is 3.49. The zero-order valence-corrected chi connectivity index (χ0v) is 14.3. The van der Waals surface area contributed by atoms with Crippen molar-refractivity contribution in [2.45, 2.75) is 61.9 Å². The van der Waals surface area contributed by atoms with E-state index in [-0.39, 0.29) is 24.4 Å². The highest BCUT2D eigenvalue weighted by Crippen LogP contribution is 2.31. The van der Waals surface area contributed by atoms with E-state index in [1.54, 1.807) is 4.99 Å². The van der Waals surface area contributed by atoms with E-state index in [0.717, 1.165) is 25.7 Å². The first kappa shape index (κ1) is 15.5. The molecular formula is C15H20Br2O2. The number of hydrogen-bond acceptors (Lipinski definition) is 2. The van der Waals surface area contributed by atoms with Crippen LogP contribution in [0.5, 0.6) is 0 Å². The molecule has 4 heteroatoms. The van der Waals surface area contributed by atoms with Crippen LogP contribution in [0.2, 0.25) is 0 Å². The van der Waals surface area contributed by atoms with Gasteiger partial charge in [-0.2, -0.15) is 0 Å². The predicted molar refractivity (Wildman–Crippen MR) is 84.9 cm³/mol. The monoisotopic (exact) mass is 390 g/mol. The Bertz CT molecular complexity index is 374. The van der Waals surface area contributed by atoms with Crippen molar-refractivity contribution in [3.05, 3.63) is 28.9 Å². The third-order valence-corrected chi connectivity index (χ3v) is 4.85. The Morgan fingerprint density at radius 2 is 2.05 bits per heavy atom. The van der Waals surface area contributed by atoms with Crippen LogP contribution < -0.4 is 0 Å². The van der Waals surface area contributed by atoms with Gasteiger partial charge in [0.05, 0.1) is 24.4 Å². The van der Waals surface area contributed by atoms with Gasteiger partial charge in [0.25, 0.3) is 0 Å². The summed E-state index contributed by atoms with van der Waals surface area (Å²) in [6.07, 6.45) is 11.0. The van der Waals surface area contributed by atoms with Crippen molar-refractivity contribution in [2.24, 2.45) is 0 Å². The maximum Gasteiger partial charge on any atom is 0.0880 e. The number of alkyl halides is 1. The predicted octanol–water partition coefficient (Wildman–Crippen LogP) is 4.48. The molecule has 0 aliphatic carbocycles. The van der Waals surface area contributed by atoms with Gasteiger partial charge in [0.2, 0.25) is 0 Å². The van der Waals surface area contributed by atoms with Gasteiger partial charge in [0.15, 0.2) is 0 Å². The SMILES string of the molecule is CC[C@@H]1O[C@H]2C[C@H](C=C=CBr)O[C@H]2C/C=C\C[C@H]1Br. The molecule has 0 spiro atoms. The van der Waals surface area contributed by atoms with E-state index in [1.807, 2.05) is 6.08 Å². The highest BCUT2D eigenvalue weighted by Gasteiger charge is 2.37. The van der Waals surface area contributed by atoms with Gasteiger partial charge < -0.3 is 9.47 Å². The summed E-state index contributed by atoms with van der Waals surface area (Å²) in [5.41, 5.74) is 3.04. The van der Waals surface area contributed by atoms with E-state index < -0.39 is 0 Å². The second-order valence-corrected chi connectivity index (χ2v) is 6.61. The van der Waals surface area contributed by atoms with Crippen LogP contribution in [-0.4, -0.2) is 29.2 Å². The molecule has 0 bridgehead atoms. The van der Waals surface area contributed by atoms with Crippen LogP contribution in [-0.2, 0) is 9.47 Å². The van der Waals surface area contributed by atoms with Gasteiger partial charge in [0.1, 0.15) is 0 Å². The Kier molecular flexibility index (Phi) is 6.37. The Morgan fingerprint density at radius 3 is 2.79 bits per heavy atom. The summed E-state index contributed by atoms with van der Waals surface area (Å²) in [6.45, 7) is 2.18. The van der Waals surface area contributed by atoms with E-state index >= 15 is 0 Å². The third kappa shape index (κ3) is 4.30. The van der Waals surface area contributed by atoms with Crippen molar-refractivity contribution >= 4 is 31.9 Å². The van der Waals surface area contributed by atoms with Crippen molar-refractivity contribution in [1.29, 1.82) is 0 Å². The van der Waals surface area contributed by atoms with Crippen LogP contribution >= 0.6 is 31.9 Å². The van der Waals surface area contributed by atoms with Crippen LogP contribution in [0.1, 0.15) is 32.6 Å². The molecule has 2 heterocycles. The lowest BCUT2D eigenvalue weighted by Gasteiger charge is -2.26. The van der Waals surface area contributed by atoms with Gasteiger partial charge >= 0.3 is 0 Å². The van der Waals surface area contributed by atoms with Crippen molar-refractivity contribution in [1.82, 2.24) is 0 Å². The quantitative estimate of drug-likeness (QED) is 0.392. The van der Waals surface area contributed by atoms with Crippen LogP contribution in [0, 0.1) is 0 Å². The Balaban J connectivity index is 2.08. The van der Waals surface area contributed by atoms with E-state index in [1.165, 1.54) is 0 Å². The summed E-state index contributed by atoms with van der Waals surface area (Å²) in [6, 6.07) is 0. The largest absolute Gasteiger partial charge is 0.371 e. The molecule has 2 aliphatic heterocycles. The van der Waals surface area contributed by atoms with Crippen molar-refractivity contribution < 1.29 is 9.47 Å². The summed E-state index contributed by atoms with van der Waals surface area (Å²) in [5.74, 6) is 0. The molecule has 1 saturated heterocycles. The van der Waals surface area contributed by atoms with Crippen LogP contribution in [0.3, 0.4) is 0 Å². The molecule has 2 rings (SSSR count). The van der Waals surface area contributed by atoms with E-state index in [2.05, 4.69) is 56.7 Å². The number of rotatable bonds is 2. The first-order valence-corrected chi connectivity index (χ1v) is 8.69. The fourth-order valence-electron chi connectivity index (χ4n) is 2.62. The van der Waals surface area contributed by atoms with Crippen LogP contribution in [0.4, 0.5) is 0 Å². The maximum absolute atomic E-state index is 6.29. The molecule has 5 atom stereocenters. The molecular weight excluding hydrogens is 372 g/mol. The minimum atomic E-state index is 0.114. The molecule has 0 amide bonds. The number of allylic oxidation sites excluding steroid dienone is 1. The first-order chi connectivity index (χ1) is 9.24. The van der Waals surface area contributed by atoms with E-state index in [0.29, 0.717) is 4.83 Å². The van der Waals surface area contributed by atoms with E-state index in [4.69, 9.17) is 9.47 Å². The molecule has 0 aromatic heterocycles. The van der Waals surface area contributed by atoms with Crippen LogP contribution in [0.25, 0.3) is 0 Å². The van der Waals surface area contributed by atoms with Crippen molar-refractivity contribution in [3.8, 4) is 0 Å². The van der Waals surface area contributed by atoms with Crippen molar-refractivity contribution in [3.63, 3.8) is 0 Å². The molecule has 106 valence electrons. The molecule has 0 N–H and O–H groups in total. The number of hydrogen-bond donors (Lipinski definition) is 0. The van der Waals surface area contributed by atoms with Crippen LogP contribution in [0.15, 0.2) is 28.9 Å². The Labute approximate surface area is 132 Å². The second kappa shape index (κ2) is 7.80. The number of halogens is 2. The summed E-state index contributed by atoms with van der Waals surface area (Å²) < 4.78 is 12.3. The highest BCUT2D eigenvalue weighted by molar-refractivity contribution is 9.11. The molecule has 1 fully saturated rings. The second-order valence-electron chi connectivity index (χ2n) is 4.97. The Hall–Kier alpha value is 0.140. The average molecular weight is 392 g/mol. The van der Waals surface area contributed by atoms with Gasteiger partial charge in [-0.1, -0.05) is 50.9 Å². The Morgan fingerprint density at radius 1 is 1.26 bits per heavy atom. The topological polar surface area (TPSA) is 18.5 Å². The lowest BCUT2D eigenvalue weighted by Crippen LogP contribution is -2.32. The van der Waals surface area contributed by atoms with Gasteiger partial charge in [-0.05, 0) is 25.3 Å². The van der Waals surface area contributed by atoms with Gasteiger partial charge in [-0.25, -0.2) is 0 Å². The standard InChI is InChI=1S/C15H20Br2O2/c1-2-13-12(17)7-3-4-8-14-15(19-13)10-11(18-14)6-5-9-16/h3-4,6,9,11-15H,2,7-8,10H2,1H3/b4-3-/t5?,11-,12+,13-,14-,15-/m0/s1. The van der Waals surface area contributed by atoms with Gasteiger partial charge in [-0.15, -0.1) is 5.73 Å². The molecule has 19 heavy (non-hydrogen) atoms. The highest BCUT2D eigenvalue weighted by atomic mass is 79.9. The number of ether oxygens (including phenoxy) is 2. The molecule has 0 aromatic carbocycles. The minimum Gasteiger partial charge on any atom is -0.371 e. The van der Waals surface area contributed by atoms with Gasteiger partial charge in [-0.3, -0.25) is 0 Å². The van der Waals surface area contributed by atoms with E-state index in [9.17, 15) is 0 Å². The zero-order chi connectivity index (χ0) is 13.7. The number of fused-ring (bicyclic) bond motifs is 1. The molecule has 0 unspecified atom stereocenters. The molecule has 2 nitrogen and oxygen atoms in total.